The number of ether oxygens (including phenoxy) is 1. The summed E-state index contributed by atoms with van der Waals surface area (Å²) >= 11 is 1.41. The van der Waals surface area contributed by atoms with Crippen LogP contribution in [0.25, 0.3) is 11.3 Å². The minimum absolute atomic E-state index is 0.0567. The van der Waals surface area contributed by atoms with Crippen LogP contribution in [-0.4, -0.2) is 22.7 Å². The number of aromatic nitrogens is 1. The van der Waals surface area contributed by atoms with Gasteiger partial charge in [-0.2, -0.15) is 5.10 Å². The quantitative estimate of drug-likeness (QED) is 0.375. The number of hydrogen-bond donors (Lipinski definition) is 1. The molecule has 0 bridgehead atoms. The Balaban J connectivity index is 1.65. The first kappa shape index (κ1) is 17.6. The first-order chi connectivity index (χ1) is 12.7. The van der Waals surface area contributed by atoms with Crippen molar-refractivity contribution in [3.05, 3.63) is 69.6 Å². The van der Waals surface area contributed by atoms with Crippen LogP contribution in [0.4, 0.5) is 10.8 Å². The molecule has 3 rings (SSSR count). The Kier molecular flexibility index (Phi) is 5.55. The largest absolute Gasteiger partial charge is 0.494 e. The van der Waals surface area contributed by atoms with Gasteiger partial charge in [0.25, 0.3) is 5.69 Å². The lowest BCUT2D eigenvalue weighted by Gasteiger charge is -2.02. The number of benzene rings is 2. The van der Waals surface area contributed by atoms with Crippen molar-refractivity contribution in [2.24, 2.45) is 5.10 Å². The lowest BCUT2D eigenvalue weighted by molar-refractivity contribution is -0.384. The van der Waals surface area contributed by atoms with Crippen LogP contribution in [0.3, 0.4) is 0 Å². The van der Waals surface area contributed by atoms with E-state index in [0.29, 0.717) is 11.7 Å². The maximum atomic E-state index is 10.7. The summed E-state index contributed by atoms with van der Waals surface area (Å²) < 4.78 is 5.45. The van der Waals surface area contributed by atoms with Crippen molar-refractivity contribution in [2.75, 3.05) is 12.0 Å². The second kappa shape index (κ2) is 8.21. The zero-order valence-corrected chi connectivity index (χ0v) is 14.8. The van der Waals surface area contributed by atoms with Crippen molar-refractivity contribution < 1.29 is 9.66 Å². The van der Waals surface area contributed by atoms with Gasteiger partial charge in [-0.3, -0.25) is 15.5 Å². The predicted molar refractivity (Wildman–Crippen MR) is 103 cm³/mol. The maximum Gasteiger partial charge on any atom is 0.269 e. The molecule has 3 aromatic rings. The smallest absolute Gasteiger partial charge is 0.269 e. The Bertz CT molecular complexity index is 922. The molecule has 0 amide bonds. The third-order valence-corrected chi connectivity index (χ3v) is 4.17. The molecule has 0 saturated carbocycles. The van der Waals surface area contributed by atoms with Gasteiger partial charge in [0.15, 0.2) is 0 Å². The van der Waals surface area contributed by atoms with Gasteiger partial charge in [0.1, 0.15) is 5.75 Å². The highest BCUT2D eigenvalue weighted by Crippen LogP contribution is 2.26. The lowest BCUT2D eigenvalue weighted by Crippen LogP contribution is -1.93. The summed E-state index contributed by atoms with van der Waals surface area (Å²) in [5.74, 6) is 0.797. The number of non-ortho nitro benzene ring substituents is 1. The predicted octanol–water partition coefficient (Wildman–Crippen LogP) is 4.56. The molecule has 132 valence electrons. The van der Waals surface area contributed by atoms with Gasteiger partial charge in [0.05, 0.1) is 23.4 Å². The van der Waals surface area contributed by atoms with Gasteiger partial charge < -0.3 is 4.74 Å². The zero-order chi connectivity index (χ0) is 18.4. The Labute approximate surface area is 154 Å². The summed E-state index contributed by atoms with van der Waals surface area (Å²) in [6.07, 6.45) is 1.69. The fourth-order valence-electron chi connectivity index (χ4n) is 2.22. The lowest BCUT2D eigenvalue weighted by atomic mass is 10.1. The van der Waals surface area contributed by atoms with Gasteiger partial charge in [-0.1, -0.05) is 12.1 Å². The molecule has 0 aliphatic heterocycles. The topological polar surface area (TPSA) is 89.7 Å². The van der Waals surface area contributed by atoms with Crippen molar-refractivity contribution in [2.45, 2.75) is 6.92 Å². The molecule has 1 heterocycles. The number of nitro benzene ring substituents is 1. The maximum absolute atomic E-state index is 10.7. The summed E-state index contributed by atoms with van der Waals surface area (Å²) in [4.78, 5) is 14.7. The van der Waals surface area contributed by atoms with E-state index in [1.54, 1.807) is 18.3 Å². The van der Waals surface area contributed by atoms with Crippen molar-refractivity contribution in [1.82, 2.24) is 4.98 Å². The third-order valence-electron chi connectivity index (χ3n) is 3.42. The van der Waals surface area contributed by atoms with E-state index in [9.17, 15) is 10.1 Å². The fourth-order valence-corrected chi connectivity index (χ4v) is 2.89. The highest BCUT2D eigenvalue weighted by Gasteiger charge is 2.08. The second-order valence-electron chi connectivity index (χ2n) is 5.22. The molecular formula is C18H16N4O3S. The number of hydrazone groups is 1. The molecule has 7 nitrogen and oxygen atoms in total. The molecule has 0 fully saturated rings. The van der Waals surface area contributed by atoms with Gasteiger partial charge in [-0.05, 0) is 36.8 Å². The van der Waals surface area contributed by atoms with E-state index >= 15 is 0 Å². The van der Waals surface area contributed by atoms with E-state index < -0.39 is 4.92 Å². The van der Waals surface area contributed by atoms with Crippen molar-refractivity contribution >= 4 is 28.4 Å². The van der Waals surface area contributed by atoms with Crippen LogP contribution in [0.5, 0.6) is 5.75 Å². The van der Waals surface area contributed by atoms with Crippen molar-refractivity contribution in [3.63, 3.8) is 0 Å². The number of nitrogens with zero attached hydrogens (tertiary/aromatic N) is 3. The van der Waals surface area contributed by atoms with Gasteiger partial charge >= 0.3 is 0 Å². The molecule has 2 aromatic carbocycles. The van der Waals surface area contributed by atoms with Crippen LogP contribution < -0.4 is 10.2 Å². The van der Waals surface area contributed by atoms with E-state index in [0.717, 1.165) is 22.6 Å². The average molecular weight is 368 g/mol. The molecule has 26 heavy (non-hydrogen) atoms. The minimum Gasteiger partial charge on any atom is -0.494 e. The summed E-state index contributed by atoms with van der Waals surface area (Å²) in [6.45, 7) is 2.55. The van der Waals surface area contributed by atoms with Crippen LogP contribution in [0.2, 0.25) is 0 Å². The van der Waals surface area contributed by atoms with Crippen LogP contribution in [0.1, 0.15) is 12.5 Å². The van der Waals surface area contributed by atoms with E-state index in [1.807, 2.05) is 36.6 Å². The molecular weight excluding hydrogens is 352 g/mol. The summed E-state index contributed by atoms with van der Waals surface area (Å²) in [5.41, 5.74) is 5.41. The van der Waals surface area contributed by atoms with Crippen molar-refractivity contribution in [1.29, 1.82) is 0 Å². The third kappa shape index (κ3) is 4.42. The van der Waals surface area contributed by atoms with Crippen LogP contribution in [0, 0.1) is 10.1 Å². The molecule has 0 radical (unpaired) electrons. The highest BCUT2D eigenvalue weighted by molar-refractivity contribution is 7.14. The molecule has 8 heteroatoms. The summed E-state index contributed by atoms with van der Waals surface area (Å²) in [5, 5.41) is 17.4. The Morgan fingerprint density at radius 1 is 1.31 bits per heavy atom. The molecule has 0 saturated heterocycles. The SMILES string of the molecule is CCOc1cccc(/C=N/Nc2nc(-c3ccc([N+](=O)[O-])cc3)cs2)c1. The zero-order valence-electron chi connectivity index (χ0n) is 14.0. The van der Waals surface area contributed by atoms with E-state index in [-0.39, 0.29) is 5.69 Å². The minimum atomic E-state index is -0.424. The van der Waals surface area contributed by atoms with E-state index in [2.05, 4.69) is 15.5 Å². The number of nitro groups is 1. The van der Waals surface area contributed by atoms with Gasteiger partial charge in [-0.25, -0.2) is 4.98 Å². The number of anilines is 1. The van der Waals surface area contributed by atoms with E-state index in [4.69, 9.17) is 4.74 Å². The highest BCUT2D eigenvalue weighted by atomic mass is 32.1. The Morgan fingerprint density at radius 2 is 2.12 bits per heavy atom. The van der Waals surface area contributed by atoms with E-state index in [1.165, 1.54) is 23.5 Å². The summed E-state index contributed by atoms with van der Waals surface area (Å²) in [6, 6.07) is 13.9. The first-order valence-electron chi connectivity index (χ1n) is 7.88. The summed E-state index contributed by atoms with van der Waals surface area (Å²) in [7, 11) is 0. The fraction of sp³-hybridized carbons (Fsp3) is 0.111. The number of nitrogens with one attached hydrogen (secondary N) is 1. The van der Waals surface area contributed by atoms with Gasteiger partial charge in [-0.15, -0.1) is 11.3 Å². The molecule has 0 aliphatic carbocycles. The number of rotatable bonds is 7. The number of hydrogen-bond acceptors (Lipinski definition) is 7. The molecule has 1 N–H and O–H groups in total. The first-order valence-corrected chi connectivity index (χ1v) is 8.76. The Hall–Kier alpha value is -3.26. The van der Waals surface area contributed by atoms with Crippen LogP contribution >= 0.6 is 11.3 Å². The molecule has 0 aliphatic rings. The van der Waals surface area contributed by atoms with Gasteiger partial charge in [0.2, 0.25) is 5.13 Å². The van der Waals surface area contributed by atoms with Crippen LogP contribution in [-0.2, 0) is 0 Å². The number of thiazole rings is 1. The molecule has 0 spiro atoms. The van der Waals surface area contributed by atoms with Gasteiger partial charge in [0, 0.05) is 23.1 Å². The normalized spacial score (nSPS) is 10.8. The second-order valence-corrected chi connectivity index (χ2v) is 6.08. The Morgan fingerprint density at radius 3 is 2.85 bits per heavy atom. The molecule has 1 aromatic heterocycles. The average Bonchev–Trinajstić information content (AvgIpc) is 3.11. The van der Waals surface area contributed by atoms with Crippen LogP contribution in [0.15, 0.2) is 59.0 Å². The standard InChI is InChI=1S/C18H16N4O3S/c1-2-25-16-5-3-4-13(10-16)11-19-21-18-20-17(12-26-18)14-6-8-15(9-7-14)22(23)24/h3-12H,2H2,1H3,(H,20,21)/b19-11+. The van der Waals surface area contributed by atoms with Crippen molar-refractivity contribution in [3.8, 4) is 17.0 Å². The molecule has 0 unspecified atom stereocenters. The molecule has 0 atom stereocenters. The monoisotopic (exact) mass is 368 g/mol.